The minimum atomic E-state index is -0.145. The van der Waals surface area contributed by atoms with E-state index in [9.17, 15) is 4.39 Å². The second kappa shape index (κ2) is 6.34. The fourth-order valence-corrected chi connectivity index (χ4v) is 2.22. The van der Waals surface area contributed by atoms with Gasteiger partial charge in [0.05, 0.1) is 0 Å². The van der Waals surface area contributed by atoms with Gasteiger partial charge in [0.2, 0.25) is 0 Å². The Morgan fingerprint density at radius 1 is 1.41 bits per heavy atom. The van der Waals surface area contributed by atoms with E-state index < -0.39 is 0 Å². The van der Waals surface area contributed by atoms with Crippen LogP contribution in [-0.4, -0.2) is 30.1 Å². The molecule has 2 atom stereocenters. The number of halogens is 2. The van der Waals surface area contributed by atoms with E-state index in [0.29, 0.717) is 12.1 Å². The summed E-state index contributed by atoms with van der Waals surface area (Å²) >= 11 is 0. The number of nitrogens with one attached hydrogen (secondary N) is 1. The fraction of sp³-hybridized carbons (Fsp3) is 0.538. The second-order valence-corrected chi connectivity index (χ2v) is 4.58. The Bertz CT molecular complexity index is 359. The van der Waals surface area contributed by atoms with Crippen molar-refractivity contribution in [1.82, 2.24) is 10.2 Å². The van der Waals surface area contributed by atoms with E-state index in [4.69, 9.17) is 0 Å². The average molecular weight is 259 g/mol. The van der Waals surface area contributed by atoms with Crippen LogP contribution in [0.3, 0.4) is 0 Å². The van der Waals surface area contributed by atoms with Gasteiger partial charge in [-0.1, -0.05) is 12.1 Å². The van der Waals surface area contributed by atoms with Gasteiger partial charge in [-0.05, 0) is 31.5 Å². The van der Waals surface area contributed by atoms with E-state index in [1.807, 2.05) is 6.07 Å². The van der Waals surface area contributed by atoms with E-state index in [2.05, 4.69) is 24.1 Å². The molecule has 1 saturated heterocycles. The molecule has 0 aromatic heterocycles. The van der Waals surface area contributed by atoms with Crippen LogP contribution < -0.4 is 5.32 Å². The van der Waals surface area contributed by atoms with Crippen molar-refractivity contribution in [2.75, 3.05) is 13.1 Å². The van der Waals surface area contributed by atoms with Crippen molar-refractivity contribution >= 4 is 12.4 Å². The van der Waals surface area contributed by atoms with Gasteiger partial charge in [-0.2, -0.15) is 0 Å². The zero-order valence-corrected chi connectivity index (χ0v) is 11.1. The molecule has 4 heteroatoms. The summed E-state index contributed by atoms with van der Waals surface area (Å²) in [5.74, 6) is -0.145. The van der Waals surface area contributed by atoms with Gasteiger partial charge in [-0.15, -0.1) is 12.4 Å². The lowest BCUT2D eigenvalue weighted by Gasteiger charge is -2.38. The summed E-state index contributed by atoms with van der Waals surface area (Å²) in [6.07, 6.45) is 0. The van der Waals surface area contributed by atoms with E-state index >= 15 is 0 Å². The second-order valence-electron chi connectivity index (χ2n) is 4.58. The first-order chi connectivity index (χ1) is 7.66. The monoisotopic (exact) mass is 258 g/mol. The van der Waals surface area contributed by atoms with Crippen LogP contribution in [0.15, 0.2) is 24.3 Å². The molecule has 1 heterocycles. The quantitative estimate of drug-likeness (QED) is 0.877. The minimum Gasteiger partial charge on any atom is -0.311 e. The van der Waals surface area contributed by atoms with Gasteiger partial charge < -0.3 is 5.32 Å². The number of hydrogen-bond donors (Lipinski definition) is 1. The summed E-state index contributed by atoms with van der Waals surface area (Å²) in [5, 5.41) is 3.44. The van der Waals surface area contributed by atoms with Gasteiger partial charge in [0.1, 0.15) is 5.82 Å². The molecule has 0 aliphatic carbocycles. The standard InChI is InChI=1S/C13H19FN2.ClH/c1-10-11(2)16(7-6-15-10)9-12-4-3-5-13(14)8-12;/h3-5,8,10-11,15H,6-7,9H2,1-2H3;1H. The van der Waals surface area contributed by atoms with Crippen LogP contribution in [0.2, 0.25) is 0 Å². The van der Waals surface area contributed by atoms with Crippen LogP contribution in [0.25, 0.3) is 0 Å². The lowest BCUT2D eigenvalue weighted by Crippen LogP contribution is -2.54. The highest BCUT2D eigenvalue weighted by molar-refractivity contribution is 5.85. The van der Waals surface area contributed by atoms with E-state index in [1.165, 1.54) is 6.07 Å². The third-order valence-corrected chi connectivity index (χ3v) is 3.44. The number of nitrogens with zero attached hydrogens (tertiary/aromatic N) is 1. The number of rotatable bonds is 2. The van der Waals surface area contributed by atoms with Gasteiger partial charge in [-0.3, -0.25) is 4.90 Å². The minimum absolute atomic E-state index is 0. The summed E-state index contributed by atoms with van der Waals surface area (Å²) in [6.45, 7) is 7.30. The summed E-state index contributed by atoms with van der Waals surface area (Å²) in [5.41, 5.74) is 1.06. The Hall–Kier alpha value is -0.640. The van der Waals surface area contributed by atoms with Crippen LogP contribution in [-0.2, 0) is 6.54 Å². The maximum atomic E-state index is 13.1. The van der Waals surface area contributed by atoms with Gasteiger partial charge in [0.15, 0.2) is 0 Å². The number of benzene rings is 1. The first-order valence-electron chi connectivity index (χ1n) is 5.88. The summed E-state index contributed by atoms with van der Waals surface area (Å²) in [4.78, 5) is 2.40. The molecule has 1 aromatic carbocycles. The molecule has 2 rings (SSSR count). The largest absolute Gasteiger partial charge is 0.311 e. The molecule has 0 bridgehead atoms. The molecule has 0 spiro atoms. The maximum absolute atomic E-state index is 13.1. The lowest BCUT2D eigenvalue weighted by molar-refractivity contribution is 0.130. The Balaban J connectivity index is 0.00000144. The topological polar surface area (TPSA) is 15.3 Å². The third-order valence-electron chi connectivity index (χ3n) is 3.44. The van der Waals surface area contributed by atoms with Crippen molar-refractivity contribution in [3.05, 3.63) is 35.6 Å². The summed E-state index contributed by atoms with van der Waals surface area (Å²) in [7, 11) is 0. The molecule has 0 radical (unpaired) electrons. The molecular formula is C13H20ClFN2. The molecule has 17 heavy (non-hydrogen) atoms. The van der Waals surface area contributed by atoms with E-state index in [0.717, 1.165) is 25.2 Å². The van der Waals surface area contributed by atoms with Crippen molar-refractivity contribution in [3.8, 4) is 0 Å². The van der Waals surface area contributed by atoms with Gasteiger partial charge in [-0.25, -0.2) is 4.39 Å². The van der Waals surface area contributed by atoms with Crippen LogP contribution in [0.4, 0.5) is 4.39 Å². The van der Waals surface area contributed by atoms with Crippen LogP contribution in [0, 0.1) is 5.82 Å². The van der Waals surface area contributed by atoms with Crippen molar-refractivity contribution in [2.24, 2.45) is 0 Å². The molecule has 0 amide bonds. The zero-order valence-electron chi connectivity index (χ0n) is 10.3. The van der Waals surface area contributed by atoms with Gasteiger partial charge in [0.25, 0.3) is 0 Å². The van der Waals surface area contributed by atoms with E-state index in [-0.39, 0.29) is 18.2 Å². The Labute approximate surface area is 109 Å². The van der Waals surface area contributed by atoms with Crippen molar-refractivity contribution < 1.29 is 4.39 Å². The molecule has 1 fully saturated rings. The van der Waals surface area contributed by atoms with Gasteiger partial charge in [0, 0.05) is 31.7 Å². The summed E-state index contributed by atoms with van der Waals surface area (Å²) in [6, 6.07) is 7.88. The van der Waals surface area contributed by atoms with Crippen LogP contribution in [0.1, 0.15) is 19.4 Å². The van der Waals surface area contributed by atoms with E-state index in [1.54, 1.807) is 12.1 Å². The van der Waals surface area contributed by atoms with Crippen molar-refractivity contribution in [2.45, 2.75) is 32.5 Å². The molecule has 2 unspecified atom stereocenters. The predicted molar refractivity (Wildman–Crippen MR) is 71.0 cm³/mol. The molecule has 2 nitrogen and oxygen atoms in total. The normalized spacial score (nSPS) is 25.4. The third kappa shape index (κ3) is 3.66. The summed E-state index contributed by atoms with van der Waals surface area (Å²) < 4.78 is 13.1. The highest BCUT2D eigenvalue weighted by Gasteiger charge is 2.23. The Morgan fingerprint density at radius 2 is 2.18 bits per heavy atom. The van der Waals surface area contributed by atoms with Crippen molar-refractivity contribution in [3.63, 3.8) is 0 Å². The fourth-order valence-electron chi connectivity index (χ4n) is 2.22. The first-order valence-corrected chi connectivity index (χ1v) is 5.88. The highest BCUT2D eigenvalue weighted by atomic mass is 35.5. The number of piperazine rings is 1. The van der Waals surface area contributed by atoms with Crippen LogP contribution in [0.5, 0.6) is 0 Å². The Kier molecular flexibility index (Phi) is 5.37. The average Bonchev–Trinajstić information content (AvgIpc) is 2.25. The number of hydrogen-bond acceptors (Lipinski definition) is 2. The molecule has 0 saturated carbocycles. The van der Waals surface area contributed by atoms with Gasteiger partial charge >= 0.3 is 0 Å². The molecule has 96 valence electrons. The maximum Gasteiger partial charge on any atom is 0.123 e. The van der Waals surface area contributed by atoms with Crippen molar-refractivity contribution in [1.29, 1.82) is 0 Å². The molecule has 1 aliphatic heterocycles. The SMILES string of the molecule is CC1NCCN(Cc2cccc(F)c2)C1C.Cl. The first kappa shape index (κ1) is 14.4. The highest BCUT2D eigenvalue weighted by Crippen LogP contribution is 2.14. The smallest absolute Gasteiger partial charge is 0.123 e. The predicted octanol–water partition coefficient (Wildman–Crippen LogP) is 2.43. The Morgan fingerprint density at radius 3 is 2.88 bits per heavy atom. The molecule has 1 aromatic rings. The lowest BCUT2D eigenvalue weighted by atomic mass is 10.1. The zero-order chi connectivity index (χ0) is 11.5. The molecule has 1 aliphatic rings. The molecule has 1 N–H and O–H groups in total. The molecular weight excluding hydrogens is 239 g/mol. The van der Waals surface area contributed by atoms with Crippen LogP contribution >= 0.6 is 12.4 Å².